The molecule has 2 saturated carbocycles. The number of esters is 2. The second-order valence-electron chi connectivity index (χ2n) is 18.3. The van der Waals surface area contributed by atoms with E-state index >= 15 is 4.79 Å². The van der Waals surface area contributed by atoms with Crippen molar-refractivity contribution in [2.24, 2.45) is 22.7 Å². The molecule has 18 nitrogen and oxygen atoms in total. The Morgan fingerprint density at radius 1 is 0.922 bits per heavy atom. The molecule has 2 bridgehead atoms. The van der Waals surface area contributed by atoms with Gasteiger partial charge in [0.1, 0.15) is 42.7 Å². The maximum Gasteiger partial charge on any atom is 0.338 e. The minimum Gasteiger partial charge on any atom is -0.456 e. The van der Waals surface area contributed by atoms with Crippen molar-refractivity contribution in [1.29, 1.82) is 0 Å². The van der Waals surface area contributed by atoms with Gasteiger partial charge in [-0.3, -0.25) is 9.59 Å². The van der Waals surface area contributed by atoms with Gasteiger partial charge in [0.05, 0.1) is 42.5 Å². The first-order valence-electron chi connectivity index (χ1n) is 21.0. The molecular weight excluding hydrogens is 1050 g/mol. The summed E-state index contributed by atoms with van der Waals surface area (Å²) < 4.78 is 28.5. The van der Waals surface area contributed by atoms with E-state index in [-0.39, 0.29) is 80.2 Å². The zero-order valence-corrected chi connectivity index (χ0v) is 40.9. The van der Waals surface area contributed by atoms with E-state index < -0.39 is 138 Å². The molecule has 4 fully saturated rings. The summed E-state index contributed by atoms with van der Waals surface area (Å²) in [6, 6.07) is 15.1. The predicted octanol–water partition coefficient (Wildman–Crippen LogP) is -0.628. The van der Waals surface area contributed by atoms with Gasteiger partial charge in [-0.05, 0) is 48.6 Å². The first kappa shape index (κ1) is 50.7. The first-order chi connectivity index (χ1) is 29.6. The van der Waals surface area contributed by atoms with E-state index in [9.17, 15) is 55.2 Å². The quantitative estimate of drug-likeness (QED) is 0.100. The van der Waals surface area contributed by atoms with Gasteiger partial charge >= 0.3 is 11.9 Å². The van der Waals surface area contributed by atoms with E-state index in [1.807, 2.05) is 0 Å². The largest absolute Gasteiger partial charge is 0.456 e. The van der Waals surface area contributed by atoms with Crippen molar-refractivity contribution in [3.05, 3.63) is 82.9 Å². The summed E-state index contributed by atoms with van der Waals surface area (Å²) >= 11 is 0. The Balaban J connectivity index is 0.00000680. The summed E-state index contributed by atoms with van der Waals surface area (Å²) in [6.07, 6.45) is -16.7. The number of ether oxygens (including phenoxy) is 5. The predicted molar refractivity (Wildman–Crippen MR) is 216 cm³/mol. The van der Waals surface area contributed by atoms with E-state index in [0.29, 0.717) is 5.56 Å². The average molecular weight is 1110 g/mol. The number of fused-ring (bicyclic) bond motifs is 5. The molecule has 19 heteroatoms. The number of benzene rings is 2. The topological polar surface area (TPSA) is 288 Å². The van der Waals surface area contributed by atoms with Crippen LogP contribution in [0.1, 0.15) is 69.4 Å². The third-order valence-electron chi connectivity index (χ3n) is 14.6. The average Bonchev–Trinajstić information content (AvgIpc) is 3.26. The van der Waals surface area contributed by atoms with Crippen molar-refractivity contribution in [1.82, 2.24) is 5.32 Å². The molecule has 2 saturated heterocycles. The number of amides is 1. The van der Waals surface area contributed by atoms with Gasteiger partial charge in [0, 0.05) is 73.8 Å². The Morgan fingerprint density at radius 2 is 1.55 bits per heavy atom. The molecule has 347 valence electrons. The van der Waals surface area contributed by atoms with Crippen LogP contribution in [0.25, 0.3) is 0 Å². The smallest absolute Gasteiger partial charge is 0.338 e. The summed E-state index contributed by atoms with van der Waals surface area (Å²) in [4.78, 5) is 56.7. The van der Waals surface area contributed by atoms with Crippen molar-refractivity contribution >= 4 is 23.6 Å². The number of nitrogens with one attached hydrogen (secondary N) is 1. The molecular formula is C45H57AcNO17. The van der Waals surface area contributed by atoms with Crippen LogP contribution in [0.4, 0.5) is 0 Å². The maximum absolute atomic E-state index is 15.3. The molecule has 2 aromatic carbocycles. The van der Waals surface area contributed by atoms with Crippen LogP contribution in [-0.4, -0.2) is 157 Å². The van der Waals surface area contributed by atoms with E-state index in [1.165, 1.54) is 13.8 Å². The number of hydrogen-bond acceptors (Lipinski definition) is 17. The van der Waals surface area contributed by atoms with Crippen molar-refractivity contribution in [3.63, 3.8) is 0 Å². The number of Topliss-reactive ketones (excluding diaryl/α,β-unsaturated/α-hetero) is 1. The van der Waals surface area contributed by atoms with Crippen molar-refractivity contribution in [2.75, 3.05) is 19.8 Å². The second kappa shape index (κ2) is 19.1. The Morgan fingerprint density at radius 3 is 2.14 bits per heavy atom. The summed E-state index contributed by atoms with van der Waals surface area (Å²) in [5, 5.41) is 92.3. The van der Waals surface area contributed by atoms with Crippen LogP contribution in [0, 0.1) is 66.7 Å². The molecule has 14 unspecified atom stereocenters. The van der Waals surface area contributed by atoms with Gasteiger partial charge in [-0.25, -0.2) is 9.59 Å². The number of hydrogen-bond donors (Lipinski definition) is 9. The molecule has 0 aromatic heterocycles. The molecule has 2 aliphatic heterocycles. The molecule has 16 atom stereocenters. The number of carbonyl (C=O) groups excluding carboxylic acids is 4. The molecule has 7 rings (SSSR count). The van der Waals surface area contributed by atoms with Gasteiger partial charge in [-0.15, -0.1) is 0 Å². The monoisotopic (exact) mass is 1110 g/mol. The molecule has 1 radical (unpaired) electrons. The van der Waals surface area contributed by atoms with E-state index in [2.05, 4.69) is 5.32 Å². The van der Waals surface area contributed by atoms with Gasteiger partial charge in [0.15, 0.2) is 24.3 Å². The third kappa shape index (κ3) is 8.45. The van der Waals surface area contributed by atoms with Crippen molar-refractivity contribution in [2.45, 2.75) is 126 Å². The summed E-state index contributed by atoms with van der Waals surface area (Å²) in [7, 11) is 0. The second-order valence-corrected chi connectivity index (χ2v) is 18.3. The van der Waals surface area contributed by atoms with Crippen LogP contribution in [0.15, 0.2) is 71.8 Å². The summed E-state index contributed by atoms with van der Waals surface area (Å²) in [5.74, 6) is -6.14. The molecule has 5 aliphatic rings. The van der Waals surface area contributed by atoms with Crippen LogP contribution >= 0.6 is 0 Å². The minimum atomic E-state index is -2.01. The van der Waals surface area contributed by atoms with Crippen LogP contribution in [0.2, 0.25) is 0 Å². The fourth-order valence-electron chi connectivity index (χ4n) is 10.9. The van der Waals surface area contributed by atoms with E-state index in [4.69, 9.17) is 23.7 Å². The molecule has 3 aliphatic carbocycles. The summed E-state index contributed by atoms with van der Waals surface area (Å²) in [5.41, 5.74) is -6.34. The molecule has 9 N–H and O–H groups in total. The number of carbonyl (C=O) groups is 4. The van der Waals surface area contributed by atoms with E-state index in [1.54, 1.807) is 81.4 Å². The van der Waals surface area contributed by atoms with Gasteiger partial charge in [-0.1, -0.05) is 69.3 Å². The molecule has 0 spiro atoms. The van der Waals surface area contributed by atoms with Gasteiger partial charge in [-0.2, -0.15) is 0 Å². The zero-order chi connectivity index (χ0) is 46.0. The van der Waals surface area contributed by atoms with Crippen molar-refractivity contribution < 1.29 is 128 Å². The fourth-order valence-corrected chi connectivity index (χ4v) is 10.9. The number of rotatable bonds is 11. The maximum atomic E-state index is 15.3. The molecule has 2 aromatic rings. The zero-order valence-electron chi connectivity index (χ0n) is 36.1. The van der Waals surface area contributed by atoms with Crippen LogP contribution in [-0.2, 0) is 38.1 Å². The third-order valence-corrected chi connectivity index (χ3v) is 14.6. The standard InChI is InChI=1S/C45H57NO17.Ac/c1-21-25(61-40(56)33(51)31(23-12-8-6-9-13-23)46-39(55)24-14-10-7-11-15-24)17-45(58)22(2)37-43(5,27(48)16-28-44(37,57)20-60-28)38(54)36(30(21)42(45,3)4)63-29(49)19-59-41-35(53)34(52)32(50)26(18-47)62-41;/h6-15,22,25-28,31-37,41,47-48,50-53,57-58H,16-20H2,1-5H3,(H,46,55);/t22-,25?,26?,27?,28?,31?,32?,33?,34?,35?,36?,37?,41?,43+,44?,45?;/m0./s1. The van der Waals surface area contributed by atoms with Crippen LogP contribution < -0.4 is 5.32 Å². The van der Waals surface area contributed by atoms with Gasteiger partial charge in [0.25, 0.3) is 5.91 Å². The number of ketones is 1. The Kier molecular flexibility index (Phi) is 15.1. The molecule has 1 amide bonds. The van der Waals surface area contributed by atoms with Crippen LogP contribution in [0.5, 0.6) is 0 Å². The van der Waals surface area contributed by atoms with Gasteiger partial charge < -0.3 is 69.9 Å². The molecule has 2 heterocycles. The minimum absolute atomic E-state index is 0. The van der Waals surface area contributed by atoms with Gasteiger partial charge in [0.2, 0.25) is 0 Å². The Labute approximate surface area is 405 Å². The normalized spacial score (nSPS) is 38.6. The van der Waals surface area contributed by atoms with Crippen molar-refractivity contribution in [3.8, 4) is 0 Å². The van der Waals surface area contributed by atoms with Crippen LogP contribution in [0.3, 0.4) is 0 Å². The molecule has 64 heavy (non-hydrogen) atoms. The number of aliphatic hydroxyl groups is 8. The fraction of sp³-hybridized carbons (Fsp3) is 0.600. The SMILES string of the molecule is CC1=C2C(OC(=O)COC3OC(CO)C(O)C(O)C3O)C(=O)[C@]3(C)C(O)CC4OCC4(O)C3[C@H](C)C(O)(CC1OC(=O)C(O)C(NC(=O)c1ccccc1)c1ccccc1)C2(C)C.[Ac]. The number of aliphatic hydroxyl groups excluding tert-OH is 6. The Hall–Kier alpha value is -2.74. The first-order valence-corrected chi connectivity index (χ1v) is 21.0. The summed E-state index contributed by atoms with van der Waals surface area (Å²) in [6.45, 7) is 5.78. The Bertz CT molecular complexity index is 2090. The van der Waals surface area contributed by atoms with E-state index in [0.717, 1.165) is 0 Å².